The fraction of sp³-hybridized carbons (Fsp3) is 0.0625. The molecule has 1 heterocycles. The van der Waals surface area contributed by atoms with Crippen molar-refractivity contribution in [3.05, 3.63) is 186 Å². The van der Waals surface area contributed by atoms with Crippen LogP contribution in [0, 0.1) is 0 Å². The Morgan fingerprint density at radius 3 is 1.88 bits per heavy atom. The quantitative estimate of drug-likeness (QED) is 0.189. The van der Waals surface area contributed by atoms with Crippen molar-refractivity contribution in [2.24, 2.45) is 0 Å². The monoisotopic (exact) mass is 636 g/mol. The highest BCUT2D eigenvalue weighted by molar-refractivity contribution is 6.09. The normalized spacial score (nSPS) is 13.5. The molecule has 234 valence electrons. The van der Waals surface area contributed by atoms with Crippen LogP contribution in [0.25, 0.3) is 77.3 Å². The number of imidazole rings is 1. The zero-order chi connectivity index (χ0) is 33.0. The largest absolute Gasteiger partial charge is 0.324 e. The van der Waals surface area contributed by atoms with Crippen molar-refractivity contribution in [1.82, 2.24) is 9.55 Å². The number of hydrogen-bond acceptors (Lipinski definition) is 1. The highest BCUT2D eigenvalue weighted by Crippen LogP contribution is 2.65. The van der Waals surface area contributed by atoms with Crippen molar-refractivity contribution in [1.29, 1.82) is 0 Å². The van der Waals surface area contributed by atoms with E-state index in [2.05, 4.69) is 175 Å². The van der Waals surface area contributed by atoms with Gasteiger partial charge in [0.15, 0.2) is 0 Å². The number of para-hydroxylation sites is 2. The molecule has 0 radical (unpaired) electrons. The molecule has 0 atom stereocenters. The Labute approximate surface area is 290 Å². The molecule has 0 saturated heterocycles. The molecule has 11 rings (SSSR count). The van der Waals surface area contributed by atoms with Crippen LogP contribution in [0.5, 0.6) is 0 Å². The molecule has 9 aromatic rings. The number of rotatable bonds is 3. The molecule has 0 N–H and O–H groups in total. The molecular weight excluding hydrogens is 605 g/mol. The molecule has 0 saturated carbocycles. The minimum absolute atomic E-state index is 0.418. The second-order valence-electron chi connectivity index (χ2n) is 13.7. The first-order valence-electron chi connectivity index (χ1n) is 17.6. The van der Waals surface area contributed by atoms with Gasteiger partial charge < -0.3 is 4.57 Å². The first-order valence-corrected chi connectivity index (χ1v) is 17.6. The lowest BCUT2D eigenvalue weighted by molar-refractivity contribution is 0.796. The summed E-state index contributed by atoms with van der Waals surface area (Å²) in [5.41, 5.74) is 16.2. The van der Waals surface area contributed by atoms with Crippen LogP contribution < -0.4 is 0 Å². The highest BCUT2D eigenvalue weighted by Gasteiger charge is 2.53. The van der Waals surface area contributed by atoms with Crippen LogP contribution in [-0.4, -0.2) is 9.55 Å². The van der Waals surface area contributed by atoms with Crippen molar-refractivity contribution in [2.45, 2.75) is 18.9 Å². The Morgan fingerprint density at radius 1 is 0.480 bits per heavy atom. The average Bonchev–Trinajstić information content (AvgIpc) is 3.82. The van der Waals surface area contributed by atoms with E-state index < -0.39 is 5.41 Å². The Kier molecular flexibility index (Phi) is 5.61. The molecule has 0 bridgehead atoms. The number of hydrogen-bond donors (Lipinski definition) is 0. The average molecular weight is 637 g/mol. The summed E-state index contributed by atoms with van der Waals surface area (Å²) in [5.74, 6) is 1.01. The van der Waals surface area contributed by atoms with Crippen molar-refractivity contribution in [2.75, 3.05) is 0 Å². The lowest BCUT2D eigenvalue weighted by atomic mass is 9.68. The number of nitrogens with zero attached hydrogens (tertiary/aromatic N) is 2. The number of fused-ring (bicyclic) bond motifs is 15. The van der Waals surface area contributed by atoms with E-state index in [1.54, 1.807) is 0 Å². The van der Waals surface area contributed by atoms with Gasteiger partial charge >= 0.3 is 0 Å². The van der Waals surface area contributed by atoms with Crippen LogP contribution in [0.1, 0.15) is 29.2 Å². The van der Waals surface area contributed by atoms with E-state index in [9.17, 15) is 0 Å². The maximum atomic E-state index is 5.06. The molecule has 1 aromatic heterocycles. The van der Waals surface area contributed by atoms with Crippen LogP contribution in [0.3, 0.4) is 0 Å². The maximum Gasteiger partial charge on any atom is 0.141 e. The van der Waals surface area contributed by atoms with Gasteiger partial charge in [0.05, 0.1) is 16.4 Å². The van der Waals surface area contributed by atoms with Gasteiger partial charge in [-0.3, -0.25) is 0 Å². The summed E-state index contributed by atoms with van der Waals surface area (Å²) in [6.45, 7) is 3.06. The Hall–Kier alpha value is -6.25. The van der Waals surface area contributed by atoms with Gasteiger partial charge in [-0.15, -0.1) is 0 Å². The molecule has 0 amide bonds. The predicted octanol–water partition coefficient (Wildman–Crippen LogP) is 12.0. The van der Waals surface area contributed by atoms with E-state index in [0.717, 1.165) is 23.4 Å². The molecule has 2 nitrogen and oxygen atoms in total. The third kappa shape index (κ3) is 3.50. The Balaban J connectivity index is 1.16. The van der Waals surface area contributed by atoms with Gasteiger partial charge in [-0.05, 0) is 108 Å². The van der Waals surface area contributed by atoms with Crippen molar-refractivity contribution in [3.8, 4) is 44.8 Å². The van der Waals surface area contributed by atoms with Gasteiger partial charge in [0.25, 0.3) is 0 Å². The number of aryl methyl sites for hydroxylation is 1. The summed E-state index contributed by atoms with van der Waals surface area (Å²) in [7, 11) is 0. The third-order valence-electron chi connectivity index (χ3n) is 11.4. The first kappa shape index (κ1) is 27.7. The van der Waals surface area contributed by atoms with Gasteiger partial charge in [-0.1, -0.05) is 140 Å². The highest BCUT2D eigenvalue weighted by atomic mass is 15.1. The summed E-state index contributed by atoms with van der Waals surface area (Å²) in [6.07, 6.45) is 0. The molecule has 2 heteroatoms. The molecule has 50 heavy (non-hydrogen) atoms. The van der Waals surface area contributed by atoms with Crippen molar-refractivity contribution < 1.29 is 0 Å². The van der Waals surface area contributed by atoms with Gasteiger partial charge in [-0.25, -0.2) is 4.98 Å². The van der Waals surface area contributed by atoms with Crippen LogP contribution in [0.4, 0.5) is 0 Å². The van der Waals surface area contributed by atoms with Crippen LogP contribution in [0.15, 0.2) is 164 Å². The van der Waals surface area contributed by atoms with E-state index in [4.69, 9.17) is 4.98 Å². The Bertz CT molecular complexity index is 2830. The smallest absolute Gasteiger partial charge is 0.141 e. The van der Waals surface area contributed by atoms with Gasteiger partial charge in [0.1, 0.15) is 5.82 Å². The first-order chi connectivity index (χ1) is 24.8. The molecule has 2 aliphatic rings. The van der Waals surface area contributed by atoms with E-state index in [-0.39, 0.29) is 0 Å². The number of benzene rings is 8. The second kappa shape index (κ2) is 10.1. The fourth-order valence-electron chi connectivity index (χ4n) is 9.39. The molecule has 2 aliphatic carbocycles. The Morgan fingerprint density at radius 2 is 1.10 bits per heavy atom. The molecular formula is C48H32N2. The van der Waals surface area contributed by atoms with Gasteiger partial charge in [0, 0.05) is 12.1 Å². The topological polar surface area (TPSA) is 17.8 Å². The summed E-state index contributed by atoms with van der Waals surface area (Å²) < 4.78 is 2.32. The number of aromatic nitrogens is 2. The molecule has 0 aliphatic heterocycles. The van der Waals surface area contributed by atoms with Crippen LogP contribution in [-0.2, 0) is 12.0 Å². The van der Waals surface area contributed by atoms with Crippen molar-refractivity contribution in [3.63, 3.8) is 0 Å². The second-order valence-corrected chi connectivity index (χ2v) is 13.7. The fourth-order valence-corrected chi connectivity index (χ4v) is 9.39. The standard InChI is InChI=1S/C48H32N2/c1-2-50-44-21-10-9-20-43(44)49-47(50)34-14-11-13-31(29-34)32-23-25-36-33(28-32)24-27-40-39-26-22-30-12-3-4-15-35(30)45(39)48(46(36)40)41-18-7-5-16-37(41)38-17-6-8-19-42(38)48/h3-29H,2H2,1H3. The lowest BCUT2D eigenvalue weighted by Crippen LogP contribution is -2.26. The van der Waals surface area contributed by atoms with E-state index in [0.29, 0.717) is 0 Å². The van der Waals surface area contributed by atoms with Gasteiger partial charge in [-0.2, -0.15) is 0 Å². The minimum atomic E-state index is -0.418. The molecule has 1 spiro atoms. The third-order valence-corrected chi connectivity index (χ3v) is 11.4. The summed E-state index contributed by atoms with van der Waals surface area (Å²) in [5, 5.41) is 5.17. The lowest BCUT2D eigenvalue weighted by Gasteiger charge is -2.32. The molecule has 8 aromatic carbocycles. The zero-order valence-electron chi connectivity index (χ0n) is 27.7. The molecule has 0 fully saturated rings. The molecule has 0 unspecified atom stereocenters. The van der Waals surface area contributed by atoms with Crippen LogP contribution in [0.2, 0.25) is 0 Å². The summed E-state index contributed by atoms with van der Waals surface area (Å²) >= 11 is 0. The van der Waals surface area contributed by atoms with Crippen LogP contribution >= 0.6 is 0 Å². The predicted molar refractivity (Wildman–Crippen MR) is 208 cm³/mol. The van der Waals surface area contributed by atoms with E-state index in [1.165, 1.54) is 82.7 Å². The maximum absolute atomic E-state index is 5.06. The summed E-state index contributed by atoms with van der Waals surface area (Å²) in [6, 6.07) is 60.9. The summed E-state index contributed by atoms with van der Waals surface area (Å²) in [4.78, 5) is 5.06. The van der Waals surface area contributed by atoms with Gasteiger partial charge in [0.2, 0.25) is 0 Å². The SMILES string of the molecule is CCn1c(-c2cccc(-c3ccc4c5c(ccc4c3)-c3ccc4ccccc4c3C53c4ccccc4-c4ccccc43)c2)nc2ccccc21. The van der Waals surface area contributed by atoms with E-state index in [1.807, 2.05) is 0 Å². The zero-order valence-corrected chi connectivity index (χ0v) is 27.7. The van der Waals surface area contributed by atoms with Crippen molar-refractivity contribution >= 4 is 32.6 Å². The van der Waals surface area contributed by atoms with E-state index >= 15 is 0 Å². The minimum Gasteiger partial charge on any atom is -0.324 e.